The number of imide groups is 1. The quantitative estimate of drug-likeness (QED) is 0.699. The van der Waals surface area contributed by atoms with Crippen LogP contribution in [0, 0.1) is 11.3 Å². The van der Waals surface area contributed by atoms with Crippen molar-refractivity contribution in [1.82, 2.24) is 4.98 Å². The fourth-order valence-electron chi connectivity index (χ4n) is 1.57. The molecule has 0 aromatic carbocycles. The maximum atomic E-state index is 12.5. The molecule has 1 heterocycles. The van der Waals surface area contributed by atoms with Gasteiger partial charge in [-0.1, -0.05) is 11.6 Å². The summed E-state index contributed by atoms with van der Waals surface area (Å²) in [4.78, 5) is 29.4. The van der Waals surface area contributed by atoms with E-state index in [1.807, 2.05) is 6.07 Å². The van der Waals surface area contributed by atoms with Gasteiger partial charge in [0.05, 0.1) is 5.69 Å². The Balaban J connectivity index is 3.33. The molecule has 0 atom stereocenters. The highest BCUT2D eigenvalue weighted by Gasteiger charge is 2.33. The zero-order chi connectivity index (χ0) is 18.7. The van der Waals surface area contributed by atoms with Crippen LogP contribution in [0.15, 0.2) is 12.1 Å². The molecule has 1 rings (SSSR count). The Kier molecular flexibility index (Phi) is 5.80. The molecule has 0 N–H and O–H groups in total. The van der Waals surface area contributed by atoms with Crippen molar-refractivity contribution in [1.29, 1.82) is 5.26 Å². The van der Waals surface area contributed by atoms with Gasteiger partial charge >= 0.3 is 12.2 Å². The van der Waals surface area contributed by atoms with E-state index in [9.17, 15) is 9.59 Å². The highest BCUT2D eigenvalue weighted by Crippen LogP contribution is 2.24. The minimum Gasteiger partial charge on any atom is -0.443 e. The summed E-state index contributed by atoms with van der Waals surface area (Å²) in [6, 6.07) is 4.33. The molecule has 1 aromatic heterocycles. The molecule has 2 amide bonds. The van der Waals surface area contributed by atoms with Crippen LogP contribution < -0.4 is 4.90 Å². The van der Waals surface area contributed by atoms with Crippen LogP contribution in [0.2, 0.25) is 5.15 Å². The van der Waals surface area contributed by atoms with E-state index in [-0.39, 0.29) is 16.5 Å². The number of nitriles is 1. The van der Waals surface area contributed by atoms with Crippen LogP contribution in [0.1, 0.15) is 47.2 Å². The Morgan fingerprint density at radius 2 is 1.54 bits per heavy atom. The van der Waals surface area contributed by atoms with Gasteiger partial charge in [0.2, 0.25) is 0 Å². The van der Waals surface area contributed by atoms with Crippen LogP contribution in [0.5, 0.6) is 0 Å². The van der Waals surface area contributed by atoms with Crippen LogP contribution in [-0.4, -0.2) is 28.4 Å². The van der Waals surface area contributed by atoms with Crippen LogP contribution in [0.4, 0.5) is 15.3 Å². The second-order valence-electron chi connectivity index (χ2n) is 6.94. The fourth-order valence-corrected chi connectivity index (χ4v) is 1.77. The van der Waals surface area contributed by atoms with Crippen LogP contribution in [0.3, 0.4) is 0 Å². The van der Waals surface area contributed by atoms with Gasteiger partial charge in [-0.3, -0.25) is 0 Å². The van der Waals surface area contributed by atoms with Crippen LogP contribution in [-0.2, 0) is 9.47 Å². The van der Waals surface area contributed by atoms with E-state index in [0.717, 1.165) is 0 Å². The molecule has 0 aliphatic carbocycles. The fraction of sp³-hybridized carbons (Fsp3) is 0.500. The largest absolute Gasteiger partial charge is 0.443 e. The Hall–Kier alpha value is -2.33. The highest BCUT2D eigenvalue weighted by molar-refractivity contribution is 6.30. The van der Waals surface area contributed by atoms with Crippen molar-refractivity contribution >= 4 is 29.5 Å². The average Bonchev–Trinajstić information content (AvgIpc) is 2.33. The molecule has 1 aromatic rings. The molecular formula is C16H20ClN3O4. The minimum absolute atomic E-state index is 0.0371. The van der Waals surface area contributed by atoms with E-state index >= 15 is 0 Å². The molecule has 0 saturated carbocycles. The third-order valence-electron chi connectivity index (χ3n) is 2.30. The molecule has 8 heteroatoms. The van der Waals surface area contributed by atoms with E-state index in [0.29, 0.717) is 4.90 Å². The molecular weight excluding hydrogens is 334 g/mol. The maximum absolute atomic E-state index is 12.5. The standard InChI is InChI=1S/C16H20ClN3O4/c1-15(2,3)23-13(21)20(14(22)24-16(4,5)6)11-7-10(9-18)19-12(17)8-11/h7-8H,1-6H3. The van der Waals surface area contributed by atoms with Crippen molar-refractivity contribution in [2.24, 2.45) is 0 Å². The molecule has 0 aliphatic rings. The molecule has 0 spiro atoms. The number of carbonyl (C=O) groups is 2. The number of halogens is 1. The van der Waals surface area contributed by atoms with E-state index < -0.39 is 23.4 Å². The Bertz CT molecular complexity index is 656. The van der Waals surface area contributed by atoms with Gasteiger partial charge in [-0.15, -0.1) is 0 Å². The van der Waals surface area contributed by atoms with Crippen molar-refractivity contribution in [2.75, 3.05) is 4.90 Å². The topological polar surface area (TPSA) is 92.5 Å². The van der Waals surface area contributed by atoms with Gasteiger partial charge in [0.15, 0.2) is 0 Å². The summed E-state index contributed by atoms with van der Waals surface area (Å²) in [6.07, 6.45) is -1.88. The first-order valence-electron chi connectivity index (χ1n) is 7.16. The monoisotopic (exact) mass is 353 g/mol. The number of rotatable bonds is 1. The smallest absolute Gasteiger partial charge is 0.424 e. The Labute approximate surface area is 146 Å². The summed E-state index contributed by atoms with van der Waals surface area (Å²) in [6.45, 7) is 9.99. The number of ether oxygens (including phenoxy) is 2. The summed E-state index contributed by atoms with van der Waals surface area (Å²) in [5.74, 6) is 0. The number of pyridine rings is 1. The van der Waals surface area contributed by atoms with E-state index in [4.69, 9.17) is 26.3 Å². The van der Waals surface area contributed by atoms with E-state index in [1.54, 1.807) is 41.5 Å². The zero-order valence-electron chi connectivity index (χ0n) is 14.5. The maximum Gasteiger partial charge on any atom is 0.424 e. The van der Waals surface area contributed by atoms with Crippen molar-refractivity contribution in [2.45, 2.75) is 52.7 Å². The molecule has 0 radical (unpaired) electrons. The average molecular weight is 354 g/mol. The summed E-state index contributed by atoms with van der Waals surface area (Å²) >= 11 is 5.86. The van der Waals surface area contributed by atoms with E-state index in [1.165, 1.54) is 12.1 Å². The van der Waals surface area contributed by atoms with Gasteiger partial charge in [-0.25, -0.2) is 14.6 Å². The normalized spacial score (nSPS) is 11.4. The number of hydrogen-bond acceptors (Lipinski definition) is 6. The third kappa shape index (κ3) is 6.05. The minimum atomic E-state index is -0.942. The Morgan fingerprint density at radius 1 is 1.08 bits per heavy atom. The van der Waals surface area contributed by atoms with Crippen molar-refractivity contribution in [3.05, 3.63) is 23.0 Å². The van der Waals surface area contributed by atoms with Crippen LogP contribution in [0.25, 0.3) is 0 Å². The number of amides is 2. The van der Waals surface area contributed by atoms with Crippen molar-refractivity contribution in [3.63, 3.8) is 0 Å². The molecule has 0 unspecified atom stereocenters. The number of anilines is 1. The van der Waals surface area contributed by atoms with Crippen molar-refractivity contribution < 1.29 is 19.1 Å². The second-order valence-corrected chi connectivity index (χ2v) is 7.33. The number of nitrogens with zero attached hydrogens (tertiary/aromatic N) is 3. The van der Waals surface area contributed by atoms with Crippen LogP contribution >= 0.6 is 11.6 Å². The molecule has 0 saturated heterocycles. The second kappa shape index (κ2) is 7.05. The van der Waals surface area contributed by atoms with Gasteiger partial charge in [0.1, 0.15) is 28.1 Å². The lowest BCUT2D eigenvalue weighted by molar-refractivity contribution is 0.0431. The lowest BCUT2D eigenvalue weighted by Gasteiger charge is -2.28. The predicted molar refractivity (Wildman–Crippen MR) is 88.9 cm³/mol. The Morgan fingerprint density at radius 3 is 1.92 bits per heavy atom. The molecule has 0 aliphatic heterocycles. The predicted octanol–water partition coefficient (Wildman–Crippen LogP) is 4.28. The molecule has 7 nitrogen and oxygen atoms in total. The SMILES string of the molecule is CC(C)(C)OC(=O)N(C(=O)OC(C)(C)C)c1cc(Cl)nc(C#N)c1. The first kappa shape index (κ1) is 19.7. The van der Waals surface area contributed by atoms with Crippen molar-refractivity contribution in [3.8, 4) is 6.07 Å². The number of carbonyl (C=O) groups excluding carboxylic acids is 2. The first-order chi connectivity index (χ1) is 10.8. The molecule has 24 heavy (non-hydrogen) atoms. The van der Waals surface area contributed by atoms with Gasteiger partial charge < -0.3 is 9.47 Å². The van der Waals surface area contributed by atoms with Gasteiger partial charge in [-0.2, -0.15) is 10.2 Å². The van der Waals surface area contributed by atoms with Gasteiger partial charge in [0.25, 0.3) is 0 Å². The molecule has 0 bridgehead atoms. The molecule has 0 fully saturated rings. The zero-order valence-corrected chi connectivity index (χ0v) is 15.3. The summed E-state index contributed by atoms with van der Waals surface area (Å²) in [7, 11) is 0. The summed E-state index contributed by atoms with van der Waals surface area (Å²) in [5.41, 5.74) is -1.66. The lowest BCUT2D eigenvalue weighted by Crippen LogP contribution is -2.43. The lowest BCUT2D eigenvalue weighted by atomic mass is 10.2. The summed E-state index contributed by atoms with van der Waals surface area (Å²) in [5, 5.41) is 8.96. The number of aromatic nitrogens is 1. The highest BCUT2D eigenvalue weighted by atomic mass is 35.5. The van der Waals surface area contributed by atoms with Gasteiger partial charge in [0, 0.05) is 6.07 Å². The third-order valence-corrected chi connectivity index (χ3v) is 2.50. The molecule has 130 valence electrons. The van der Waals surface area contributed by atoms with Gasteiger partial charge in [-0.05, 0) is 47.6 Å². The van der Waals surface area contributed by atoms with E-state index in [2.05, 4.69) is 4.98 Å². The first-order valence-corrected chi connectivity index (χ1v) is 7.54. The summed E-state index contributed by atoms with van der Waals surface area (Å²) < 4.78 is 10.5. The number of hydrogen-bond donors (Lipinski definition) is 0.